The van der Waals surface area contributed by atoms with E-state index in [0.29, 0.717) is 6.04 Å². The summed E-state index contributed by atoms with van der Waals surface area (Å²) in [6, 6.07) is 8.70. The van der Waals surface area contributed by atoms with Crippen molar-refractivity contribution in [3.63, 3.8) is 0 Å². The molecular weight excluding hydrogens is 353 g/mol. The molecule has 1 atom stereocenters. The van der Waals surface area contributed by atoms with E-state index in [2.05, 4.69) is 16.0 Å². The number of likely N-dealkylation sites (tertiary alicyclic amines) is 1. The Morgan fingerprint density at radius 3 is 2.83 bits per heavy atom. The number of piperidine rings is 1. The highest BCUT2D eigenvalue weighted by Gasteiger charge is 2.22. The zero-order chi connectivity index (χ0) is 14.7. The number of rotatable bonds is 4. The minimum atomic E-state index is 0. The molecule has 0 amide bonds. The molecular formula is C17H24Cl3N3. The number of pyridine rings is 1. The molecule has 1 fully saturated rings. The maximum Gasteiger partial charge on any atom is 0.0761 e. The van der Waals surface area contributed by atoms with Crippen LogP contribution in [0.15, 0.2) is 30.5 Å². The molecule has 128 valence electrons. The topological polar surface area (TPSA) is 42.1 Å². The number of hydrogen-bond acceptors (Lipinski definition) is 3. The normalized spacial score (nSPS) is 18.3. The van der Waals surface area contributed by atoms with Gasteiger partial charge in [0.2, 0.25) is 0 Å². The molecule has 2 aromatic rings. The molecule has 1 aromatic heterocycles. The highest BCUT2D eigenvalue weighted by atomic mass is 35.5. The molecule has 1 aliphatic rings. The molecule has 2 heterocycles. The lowest BCUT2D eigenvalue weighted by Gasteiger charge is -2.35. The summed E-state index contributed by atoms with van der Waals surface area (Å²) in [6.07, 6.45) is 6.78. The Balaban J connectivity index is 0.00000132. The molecule has 0 bridgehead atoms. The third-order valence-corrected chi connectivity index (χ3v) is 4.75. The van der Waals surface area contributed by atoms with Gasteiger partial charge < -0.3 is 5.73 Å². The molecule has 1 unspecified atom stereocenters. The fourth-order valence-corrected chi connectivity index (χ4v) is 3.55. The van der Waals surface area contributed by atoms with E-state index in [9.17, 15) is 0 Å². The molecule has 0 aliphatic carbocycles. The van der Waals surface area contributed by atoms with Gasteiger partial charge in [-0.25, -0.2) is 0 Å². The Labute approximate surface area is 155 Å². The van der Waals surface area contributed by atoms with Gasteiger partial charge in [0.1, 0.15) is 0 Å². The molecule has 23 heavy (non-hydrogen) atoms. The first kappa shape index (κ1) is 20.5. The first-order valence-corrected chi connectivity index (χ1v) is 8.13. The Hall–Kier alpha value is -0.580. The van der Waals surface area contributed by atoms with Gasteiger partial charge in [0.25, 0.3) is 0 Å². The second kappa shape index (κ2) is 9.65. The lowest BCUT2D eigenvalue weighted by Crippen LogP contribution is -2.40. The zero-order valence-electron chi connectivity index (χ0n) is 13.1. The highest BCUT2D eigenvalue weighted by Crippen LogP contribution is 2.28. The Kier molecular flexibility index (Phi) is 8.59. The van der Waals surface area contributed by atoms with Crippen molar-refractivity contribution in [1.29, 1.82) is 0 Å². The first-order chi connectivity index (χ1) is 10.3. The van der Waals surface area contributed by atoms with Crippen LogP contribution in [0.5, 0.6) is 0 Å². The van der Waals surface area contributed by atoms with Gasteiger partial charge in [-0.1, -0.05) is 24.1 Å². The summed E-state index contributed by atoms with van der Waals surface area (Å²) < 4.78 is 0. The predicted molar refractivity (Wildman–Crippen MR) is 103 cm³/mol. The Morgan fingerprint density at radius 2 is 2.04 bits per heavy atom. The fourth-order valence-electron chi connectivity index (χ4n) is 3.33. The van der Waals surface area contributed by atoms with E-state index in [1.165, 1.54) is 24.8 Å². The van der Waals surface area contributed by atoms with E-state index in [4.69, 9.17) is 17.3 Å². The minimum Gasteiger partial charge on any atom is -0.330 e. The Bertz CT molecular complexity index is 619. The van der Waals surface area contributed by atoms with Crippen LogP contribution in [-0.4, -0.2) is 29.0 Å². The van der Waals surface area contributed by atoms with Crippen molar-refractivity contribution in [2.75, 3.05) is 13.1 Å². The Morgan fingerprint density at radius 1 is 1.22 bits per heavy atom. The van der Waals surface area contributed by atoms with Gasteiger partial charge in [0.15, 0.2) is 0 Å². The van der Waals surface area contributed by atoms with Crippen LogP contribution < -0.4 is 5.73 Å². The van der Waals surface area contributed by atoms with Crippen molar-refractivity contribution in [1.82, 2.24) is 9.88 Å². The summed E-state index contributed by atoms with van der Waals surface area (Å²) in [5.74, 6) is 0. The highest BCUT2D eigenvalue weighted by molar-refractivity contribution is 6.35. The number of nitrogens with two attached hydrogens (primary N) is 1. The number of aromatic nitrogens is 1. The summed E-state index contributed by atoms with van der Waals surface area (Å²) in [4.78, 5) is 7.11. The maximum absolute atomic E-state index is 6.28. The average molecular weight is 377 g/mol. The van der Waals surface area contributed by atoms with Gasteiger partial charge in [-0.2, -0.15) is 0 Å². The molecule has 3 rings (SSSR count). The van der Waals surface area contributed by atoms with E-state index >= 15 is 0 Å². The molecule has 0 radical (unpaired) electrons. The quantitative estimate of drug-likeness (QED) is 0.858. The van der Waals surface area contributed by atoms with Crippen molar-refractivity contribution in [2.24, 2.45) is 5.73 Å². The largest absolute Gasteiger partial charge is 0.330 e. The van der Waals surface area contributed by atoms with Crippen LogP contribution >= 0.6 is 36.4 Å². The lowest BCUT2D eigenvalue weighted by atomic mass is 9.98. The molecule has 0 spiro atoms. The van der Waals surface area contributed by atoms with Crippen molar-refractivity contribution >= 4 is 47.3 Å². The third-order valence-electron chi connectivity index (χ3n) is 4.42. The van der Waals surface area contributed by atoms with E-state index in [-0.39, 0.29) is 24.8 Å². The van der Waals surface area contributed by atoms with Crippen LogP contribution in [-0.2, 0) is 6.54 Å². The smallest absolute Gasteiger partial charge is 0.0761 e. The molecule has 1 aliphatic heterocycles. The monoisotopic (exact) mass is 375 g/mol. The first-order valence-electron chi connectivity index (χ1n) is 7.76. The molecule has 1 saturated heterocycles. The molecule has 2 N–H and O–H groups in total. The van der Waals surface area contributed by atoms with E-state index in [1.807, 2.05) is 24.4 Å². The summed E-state index contributed by atoms with van der Waals surface area (Å²) in [6.45, 7) is 2.86. The number of halogens is 3. The van der Waals surface area contributed by atoms with Gasteiger partial charge >= 0.3 is 0 Å². The average Bonchev–Trinajstić information content (AvgIpc) is 2.52. The summed E-state index contributed by atoms with van der Waals surface area (Å²) in [5, 5.41) is 1.82. The molecule has 0 saturated carbocycles. The van der Waals surface area contributed by atoms with E-state index in [0.717, 1.165) is 42.0 Å². The predicted octanol–water partition coefficient (Wildman–Crippen LogP) is 4.44. The van der Waals surface area contributed by atoms with E-state index < -0.39 is 0 Å². The number of hydrogen-bond donors (Lipinski definition) is 1. The van der Waals surface area contributed by atoms with Crippen LogP contribution in [0.3, 0.4) is 0 Å². The number of benzene rings is 1. The standard InChI is InChI=1S/C17H22ClN3.2ClH/c18-16-7-6-13(17-15(16)5-3-10-20-17)12-21-11-2-1-4-14(21)8-9-19;;/h3,5-7,10,14H,1-2,4,8-9,11-12,19H2;2*1H. The van der Waals surface area contributed by atoms with Gasteiger partial charge in [-0.15, -0.1) is 24.8 Å². The van der Waals surface area contributed by atoms with Crippen molar-refractivity contribution in [3.8, 4) is 0 Å². The van der Waals surface area contributed by atoms with Gasteiger partial charge in [0, 0.05) is 29.2 Å². The number of nitrogens with zero attached hydrogens (tertiary/aromatic N) is 2. The van der Waals surface area contributed by atoms with Crippen LogP contribution in [0.4, 0.5) is 0 Å². The third kappa shape index (κ3) is 4.71. The molecule has 1 aromatic carbocycles. The van der Waals surface area contributed by atoms with Crippen LogP contribution in [0.25, 0.3) is 10.9 Å². The molecule has 6 heteroatoms. The fraction of sp³-hybridized carbons (Fsp3) is 0.471. The van der Waals surface area contributed by atoms with Crippen molar-refractivity contribution in [3.05, 3.63) is 41.0 Å². The summed E-state index contributed by atoms with van der Waals surface area (Å²) in [5.41, 5.74) is 8.06. The van der Waals surface area contributed by atoms with Crippen LogP contribution in [0.2, 0.25) is 5.02 Å². The van der Waals surface area contributed by atoms with Gasteiger partial charge in [-0.3, -0.25) is 9.88 Å². The van der Waals surface area contributed by atoms with Gasteiger partial charge in [0.05, 0.1) is 5.52 Å². The van der Waals surface area contributed by atoms with Gasteiger partial charge in [-0.05, 0) is 56.1 Å². The summed E-state index contributed by atoms with van der Waals surface area (Å²) in [7, 11) is 0. The van der Waals surface area contributed by atoms with E-state index in [1.54, 1.807) is 0 Å². The van der Waals surface area contributed by atoms with Crippen LogP contribution in [0, 0.1) is 0 Å². The van der Waals surface area contributed by atoms with Crippen LogP contribution in [0.1, 0.15) is 31.2 Å². The lowest BCUT2D eigenvalue weighted by molar-refractivity contribution is 0.134. The second-order valence-electron chi connectivity index (χ2n) is 5.80. The molecule has 3 nitrogen and oxygen atoms in total. The zero-order valence-corrected chi connectivity index (χ0v) is 15.5. The number of fused-ring (bicyclic) bond motifs is 1. The summed E-state index contributed by atoms with van der Waals surface area (Å²) >= 11 is 6.28. The van der Waals surface area contributed by atoms with Crippen molar-refractivity contribution < 1.29 is 0 Å². The second-order valence-corrected chi connectivity index (χ2v) is 6.21. The SMILES string of the molecule is Cl.Cl.NCCC1CCCCN1Cc1ccc(Cl)c2cccnc12. The van der Waals surface area contributed by atoms with Crippen molar-refractivity contribution in [2.45, 2.75) is 38.3 Å². The minimum absolute atomic E-state index is 0. The maximum atomic E-state index is 6.28.